The van der Waals surface area contributed by atoms with E-state index in [9.17, 15) is 0 Å². The summed E-state index contributed by atoms with van der Waals surface area (Å²) in [5, 5.41) is 0. The first-order valence-electron chi connectivity index (χ1n) is 7.24. The minimum absolute atomic E-state index is 0.224. The Bertz CT molecular complexity index is 142. The van der Waals surface area contributed by atoms with Gasteiger partial charge >= 0.3 is 0 Å². The molecule has 0 radical (unpaired) electrons. The Labute approximate surface area is 107 Å². The van der Waals surface area contributed by atoms with E-state index < -0.39 is 0 Å². The predicted molar refractivity (Wildman–Crippen MR) is 73.3 cm³/mol. The molecular formula is C14H31NO2. The van der Waals surface area contributed by atoms with Crippen molar-refractivity contribution < 1.29 is 9.47 Å². The van der Waals surface area contributed by atoms with Gasteiger partial charge in [-0.25, -0.2) is 0 Å². The van der Waals surface area contributed by atoms with Crippen LogP contribution in [0.5, 0.6) is 0 Å². The standard InChI is InChI=1S/C14H31NO2/c1-3-5-6-7-8-9-10-14(13-15)17-12-11-16-4-2/h14H,3-13,15H2,1-2H3. The lowest BCUT2D eigenvalue weighted by atomic mass is 10.1. The maximum atomic E-state index is 5.68. The Hall–Kier alpha value is -0.120. The number of ether oxygens (including phenoxy) is 2. The molecule has 0 bridgehead atoms. The minimum Gasteiger partial charge on any atom is -0.379 e. The van der Waals surface area contributed by atoms with E-state index in [0.717, 1.165) is 13.0 Å². The maximum absolute atomic E-state index is 5.68. The number of hydrogen-bond acceptors (Lipinski definition) is 3. The van der Waals surface area contributed by atoms with Gasteiger partial charge in [0, 0.05) is 13.2 Å². The third-order valence-corrected chi connectivity index (χ3v) is 2.93. The highest BCUT2D eigenvalue weighted by Gasteiger charge is 2.06. The Morgan fingerprint density at radius 3 is 2.29 bits per heavy atom. The molecule has 0 rings (SSSR count). The van der Waals surface area contributed by atoms with Crippen molar-refractivity contribution in [2.45, 2.75) is 64.9 Å². The van der Waals surface area contributed by atoms with Gasteiger partial charge in [-0.05, 0) is 13.3 Å². The highest BCUT2D eigenvalue weighted by Crippen LogP contribution is 2.09. The fourth-order valence-corrected chi connectivity index (χ4v) is 1.84. The van der Waals surface area contributed by atoms with Gasteiger partial charge < -0.3 is 15.2 Å². The zero-order valence-corrected chi connectivity index (χ0v) is 11.7. The van der Waals surface area contributed by atoms with Gasteiger partial charge in [-0.15, -0.1) is 0 Å². The van der Waals surface area contributed by atoms with Crippen molar-refractivity contribution in [2.24, 2.45) is 5.73 Å². The molecule has 0 amide bonds. The van der Waals surface area contributed by atoms with Crippen LogP contribution in [0, 0.1) is 0 Å². The van der Waals surface area contributed by atoms with Crippen LogP contribution < -0.4 is 5.73 Å². The minimum atomic E-state index is 0.224. The third kappa shape index (κ3) is 12.1. The van der Waals surface area contributed by atoms with Crippen molar-refractivity contribution in [1.82, 2.24) is 0 Å². The first-order valence-corrected chi connectivity index (χ1v) is 7.24. The summed E-state index contributed by atoms with van der Waals surface area (Å²) in [6.45, 7) is 6.98. The molecule has 1 atom stereocenters. The number of nitrogens with two attached hydrogens (primary N) is 1. The lowest BCUT2D eigenvalue weighted by Gasteiger charge is -2.15. The fourth-order valence-electron chi connectivity index (χ4n) is 1.84. The van der Waals surface area contributed by atoms with Crippen molar-refractivity contribution in [2.75, 3.05) is 26.4 Å². The average molecular weight is 245 g/mol. The topological polar surface area (TPSA) is 44.5 Å². The van der Waals surface area contributed by atoms with Crippen molar-refractivity contribution in [3.05, 3.63) is 0 Å². The van der Waals surface area contributed by atoms with Crippen LogP contribution >= 0.6 is 0 Å². The number of hydrogen-bond donors (Lipinski definition) is 1. The molecule has 0 saturated carbocycles. The summed E-state index contributed by atoms with van der Waals surface area (Å²) >= 11 is 0. The molecule has 0 aromatic heterocycles. The second-order valence-electron chi connectivity index (χ2n) is 4.48. The zero-order valence-electron chi connectivity index (χ0n) is 11.7. The molecule has 0 aliphatic carbocycles. The number of rotatable bonds is 13. The summed E-state index contributed by atoms with van der Waals surface area (Å²) in [6.07, 6.45) is 9.26. The first kappa shape index (κ1) is 16.9. The van der Waals surface area contributed by atoms with E-state index in [4.69, 9.17) is 15.2 Å². The van der Waals surface area contributed by atoms with Crippen molar-refractivity contribution >= 4 is 0 Å². The van der Waals surface area contributed by atoms with Crippen LogP contribution in [-0.4, -0.2) is 32.5 Å². The van der Waals surface area contributed by atoms with E-state index in [2.05, 4.69) is 6.92 Å². The monoisotopic (exact) mass is 245 g/mol. The SMILES string of the molecule is CCCCCCCCC(CN)OCCOCC. The summed E-state index contributed by atoms with van der Waals surface area (Å²) in [5.74, 6) is 0. The van der Waals surface area contributed by atoms with Crippen LogP contribution in [0.25, 0.3) is 0 Å². The van der Waals surface area contributed by atoms with Gasteiger partial charge in [0.1, 0.15) is 0 Å². The quantitative estimate of drug-likeness (QED) is 0.507. The first-order chi connectivity index (χ1) is 8.35. The molecule has 2 N–H and O–H groups in total. The van der Waals surface area contributed by atoms with Gasteiger partial charge in [-0.3, -0.25) is 0 Å². The van der Waals surface area contributed by atoms with Crippen LogP contribution in [0.2, 0.25) is 0 Å². The van der Waals surface area contributed by atoms with Gasteiger partial charge in [0.15, 0.2) is 0 Å². The second-order valence-corrected chi connectivity index (χ2v) is 4.48. The van der Waals surface area contributed by atoms with Crippen LogP contribution in [-0.2, 0) is 9.47 Å². The van der Waals surface area contributed by atoms with Gasteiger partial charge in [-0.1, -0.05) is 45.4 Å². The Morgan fingerprint density at radius 2 is 1.65 bits per heavy atom. The number of unbranched alkanes of at least 4 members (excludes halogenated alkanes) is 5. The summed E-state index contributed by atoms with van der Waals surface area (Å²) in [6, 6.07) is 0. The Balaban J connectivity index is 3.28. The zero-order chi connectivity index (χ0) is 12.8. The molecular weight excluding hydrogens is 214 g/mol. The fraction of sp³-hybridized carbons (Fsp3) is 1.00. The van der Waals surface area contributed by atoms with Crippen molar-refractivity contribution in [3.8, 4) is 0 Å². The van der Waals surface area contributed by atoms with Gasteiger partial charge in [0.25, 0.3) is 0 Å². The van der Waals surface area contributed by atoms with E-state index in [1.807, 2.05) is 6.92 Å². The van der Waals surface area contributed by atoms with E-state index in [1.54, 1.807) is 0 Å². The largest absolute Gasteiger partial charge is 0.379 e. The molecule has 0 heterocycles. The van der Waals surface area contributed by atoms with E-state index >= 15 is 0 Å². The molecule has 3 heteroatoms. The molecule has 0 saturated heterocycles. The molecule has 104 valence electrons. The van der Waals surface area contributed by atoms with E-state index in [-0.39, 0.29) is 6.10 Å². The van der Waals surface area contributed by atoms with E-state index in [0.29, 0.717) is 19.8 Å². The molecule has 3 nitrogen and oxygen atoms in total. The lowest BCUT2D eigenvalue weighted by Crippen LogP contribution is -2.25. The summed E-state index contributed by atoms with van der Waals surface area (Å²) in [7, 11) is 0. The maximum Gasteiger partial charge on any atom is 0.0704 e. The highest BCUT2D eigenvalue weighted by atomic mass is 16.5. The van der Waals surface area contributed by atoms with Crippen LogP contribution in [0.15, 0.2) is 0 Å². The van der Waals surface area contributed by atoms with Gasteiger partial charge in [0.2, 0.25) is 0 Å². The lowest BCUT2D eigenvalue weighted by molar-refractivity contribution is 0.00702. The molecule has 17 heavy (non-hydrogen) atoms. The molecule has 0 fully saturated rings. The molecule has 0 aromatic rings. The Kier molecular flexibility index (Phi) is 13.8. The van der Waals surface area contributed by atoms with Gasteiger partial charge in [-0.2, -0.15) is 0 Å². The van der Waals surface area contributed by atoms with E-state index in [1.165, 1.54) is 38.5 Å². The molecule has 0 spiro atoms. The summed E-state index contributed by atoms with van der Waals surface area (Å²) < 4.78 is 10.9. The second kappa shape index (κ2) is 13.9. The summed E-state index contributed by atoms with van der Waals surface area (Å²) in [4.78, 5) is 0. The molecule has 0 aliphatic heterocycles. The average Bonchev–Trinajstić information content (AvgIpc) is 2.36. The third-order valence-electron chi connectivity index (χ3n) is 2.93. The molecule has 1 unspecified atom stereocenters. The Morgan fingerprint density at radius 1 is 0.941 bits per heavy atom. The summed E-state index contributed by atoms with van der Waals surface area (Å²) in [5.41, 5.74) is 5.68. The van der Waals surface area contributed by atoms with Crippen LogP contribution in [0.1, 0.15) is 58.8 Å². The highest BCUT2D eigenvalue weighted by molar-refractivity contribution is 4.59. The smallest absolute Gasteiger partial charge is 0.0704 e. The molecule has 0 aromatic carbocycles. The van der Waals surface area contributed by atoms with Gasteiger partial charge in [0.05, 0.1) is 19.3 Å². The van der Waals surface area contributed by atoms with Crippen molar-refractivity contribution in [3.63, 3.8) is 0 Å². The van der Waals surface area contributed by atoms with Crippen molar-refractivity contribution in [1.29, 1.82) is 0 Å². The van der Waals surface area contributed by atoms with Crippen LogP contribution in [0.4, 0.5) is 0 Å². The van der Waals surface area contributed by atoms with Crippen LogP contribution in [0.3, 0.4) is 0 Å². The normalized spacial score (nSPS) is 12.9. The predicted octanol–water partition coefficient (Wildman–Crippen LogP) is 3.12. The molecule has 0 aliphatic rings.